The van der Waals surface area contributed by atoms with Gasteiger partial charge in [0.25, 0.3) is 5.91 Å². The molecule has 0 fully saturated rings. The van der Waals surface area contributed by atoms with Crippen molar-refractivity contribution in [2.45, 2.75) is 26.1 Å². The standard InChI is InChI=1S/C11H14ClF3N4O/c1-6(2)19(5-11(13,14)15)10(20)7-3-8(12)17-9(4-7)18-16/h3-4,6H,5,16H2,1-2H3,(H,17,18). The summed E-state index contributed by atoms with van der Waals surface area (Å²) in [5.74, 6) is 4.45. The second kappa shape index (κ2) is 6.27. The summed E-state index contributed by atoms with van der Waals surface area (Å²) in [6, 6.07) is 1.81. The summed E-state index contributed by atoms with van der Waals surface area (Å²) in [7, 11) is 0. The number of hydrogen-bond donors (Lipinski definition) is 2. The fourth-order valence-corrected chi connectivity index (χ4v) is 1.75. The van der Waals surface area contributed by atoms with E-state index in [-0.39, 0.29) is 16.5 Å². The number of hydrazine groups is 1. The smallest absolute Gasteiger partial charge is 0.327 e. The first-order valence-electron chi connectivity index (χ1n) is 5.66. The Morgan fingerprint density at radius 2 is 2.10 bits per heavy atom. The van der Waals surface area contributed by atoms with Crippen molar-refractivity contribution in [1.82, 2.24) is 9.88 Å². The number of nitrogens with zero attached hydrogens (tertiary/aromatic N) is 2. The number of nitrogens with two attached hydrogens (primary N) is 1. The predicted molar refractivity (Wildman–Crippen MR) is 69.3 cm³/mol. The molecule has 0 aliphatic rings. The lowest BCUT2D eigenvalue weighted by Gasteiger charge is -2.27. The van der Waals surface area contributed by atoms with E-state index in [1.807, 2.05) is 0 Å². The van der Waals surface area contributed by atoms with Gasteiger partial charge in [0, 0.05) is 11.6 Å². The number of nitrogens with one attached hydrogen (secondary N) is 1. The highest BCUT2D eigenvalue weighted by Gasteiger charge is 2.34. The van der Waals surface area contributed by atoms with Gasteiger partial charge in [-0.15, -0.1) is 0 Å². The van der Waals surface area contributed by atoms with Crippen LogP contribution in [0, 0.1) is 0 Å². The third-order valence-corrected chi connectivity index (χ3v) is 2.62. The fourth-order valence-electron chi connectivity index (χ4n) is 1.54. The number of amides is 1. The predicted octanol–water partition coefficient (Wildman–Crippen LogP) is 2.43. The molecular formula is C11H14ClF3N4O. The molecule has 3 N–H and O–H groups in total. The molecule has 5 nitrogen and oxygen atoms in total. The summed E-state index contributed by atoms with van der Waals surface area (Å²) in [4.78, 5) is 16.6. The highest BCUT2D eigenvalue weighted by atomic mass is 35.5. The molecule has 0 radical (unpaired) electrons. The second-order valence-electron chi connectivity index (χ2n) is 4.35. The summed E-state index contributed by atoms with van der Waals surface area (Å²) in [6.45, 7) is 1.65. The number of carbonyl (C=O) groups is 1. The summed E-state index contributed by atoms with van der Waals surface area (Å²) in [5.41, 5.74) is 2.17. The normalized spacial score (nSPS) is 11.6. The molecule has 112 valence electrons. The molecule has 9 heteroatoms. The molecule has 1 heterocycles. The number of hydrogen-bond acceptors (Lipinski definition) is 4. The highest BCUT2D eigenvalue weighted by Crippen LogP contribution is 2.21. The molecular weight excluding hydrogens is 297 g/mol. The summed E-state index contributed by atoms with van der Waals surface area (Å²) < 4.78 is 37.5. The van der Waals surface area contributed by atoms with E-state index in [1.165, 1.54) is 26.0 Å². The Kier molecular flexibility index (Phi) is 5.18. The Bertz CT molecular complexity index is 493. The number of halogens is 4. The van der Waals surface area contributed by atoms with Crippen LogP contribution in [0.2, 0.25) is 5.15 Å². The average molecular weight is 311 g/mol. The Morgan fingerprint density at radius 1 is 1.50 bits per heavy atom. The van der Waals surface area contributed by atoms with Gasteiger partial charge in [-0.05, 0) is 26.0 Å². The van der Waals surface area contributed by atoms with Crippen molar-refractivity contribution in [3.8, 4) is 0 Å². The zero-order valence-corrected chi connectivity index (χ0v) is 11.6. The average Bonchev–Trinajstić information content (AvgIpc) is 2.33. The highest BCUT2D eigenvalue weighted by molar-refractivity contribution is 6.29. The molecule has 0 unspecified atom stereocenters. The van der Waals surface area contributed by atoms with Gasteiger partial charge in [-0.2, -0.15) is 13.2 Å². The minimum Gasteiger partial charge on any atom is -0.327 e. The molecule has 0 bridgehead atoms. The van der Waals surface area contributed by atoms with Gasteiger partial charge >= 0.3 is 6.18 Å². The van der Waals surface area contributed by atoms with Gasteiger partial charge in [0.05, 0.1) is 0 Å². The van der Waals surface area contributed by atoms with Crippen LogP contribution in [0.5, 0.6) is 0 Å². The molecule has 1 aromatic rings. The van der Waals surface area contributed by atoms with Gasteiger partial charge in [-0.25, -0.2) is 10.8 Å². The number of pyridine rings is 1. The maximum Gasteiger partial charge on any atom is 0.406 e. The minimum absolute atomic E-state index is 0.0177. The van der Waals surface area contributed by atoms with Gasteiger partial charge < -0.3 is 10.3 Å². The lowest BCUT2D eigenvalue weighted by atomic mass is 10.2. The fraction of sp³-hybridized carbons (Fsp3) is 0.455. The number of nitrogen functional groups attached to an aromatic ring is 1. The van der Waals surface area contributed by atoms with Gasteiger partial charge in [0.15, 0.2) is 0 Å². The first-order chi connectivity index (χ1) is 9.14. The van der Waals surface area contributed by atoms with Crippen LogP contribution in [-0.2, 0) is 0 Å². The van der Waals surface area contributed by atoms with Crippen molar-refractivity contribution in [2.75, 3.05) is 12.0 Å². The van der Waals surface area contributed by atoms with Crippen molar-refractivity contribution in [3.63, 3.8) is 0 Å². The van der Waals surface area contributed by atoms with Crippen LogP contribution in [0.4, 0.5) is 19.0 Å². The van der Waals surface area contributed by atoms with Gasteiger partial charge in [-0.3, -0.25) is 4.79 Å². The van der Waals surface area contributed by atoms with Crippen LogP contribution < -0.4 is 11.3 Å². The minimum atomic E-state index is -4.48. The monoisotopic (exact) mass is 310 g/mol. The van der Waals surface area contributed by atoms with Crippen molar-refractivity contribution >= 4 is 23.3 Å². The summed E-state index contributed by atoms with van der Waals surface area (Å²) >= 11 is 5.69. The third kappa shape index (κ3) is 4.53. The van der Waals surface area contributed by atoms with Crippen molar-refractivity contribution in [1.29, 1.82) is 0 Å². The Balaban J connectivity index is 3.09. The van der Waals surface area contributed by atoms with Crippen LogP contribution in [0.25, 0.3) is 0 Å². The van der Waals surface area contributed by atoms with Gasteiger partial charge in [-0.1, -0.05) is 11.6 Å². The van der Waals surface area contributed by atoms with Crippen LogP contribution in [-0.4, -0.2) is 34.6 Å². The summed E-state index contributed by atoms with van der Waals surface area (Å²) in [6.07, 6.45) is -4.48. The topological polar surface area (TPSA) is 71.2 Å². The maximum atomic E-state index is 12.5. The number of carbonyl (C=O) groups excluding carboxylic acids is 1. The molecule has 1 aromatic heterocycles. The molecule has 0 aromatic carbocycles. The molecule has 0 aliphatic heterocycles. The van der Waals surface area contributed by atoms with Crippen LogP contribution >= 0.6 is 11.6 Å². The molecule has 0 saturated heterocycles. The number of alkyl halides is 3. The zero-order valence-electron chi connectivity index (χ0n) is 10.8. The van der Waals surface area contributed by atoms with Crippen LogP contribution in [0.3, 0.4) is 0 Å². The summed E-state index contributed by atoms with van der Waals surface area (Å²) in [5, 5.41) is -0.0421. The van der Waals surface area contributed by atoms with E-state index in [9.17, 15) is 18.0 Å². The SMILES string of the molecule is CC(C)N(CC(F)(F)F)C(=O)c1cc(Cl)nc(NN)c1. The molecule has 20 heavy (non-hydrogen) atoms. The first kappa shape index (κ1) is 16.5. The van der Waals surface area contributed by atoms with Crippen LogP contribution in [0.1, 0.15) is 24.2 Å². The largest absolute Gasteiger partial charge is 0.406 e. The van der Waals surface area contributed by atoms with E-state index >= 15 is 0 Å². The zero-order chi connectivity index (χ0) is 15.5. The van der Waals surface area contributed by atoms with E-state index < -0.39 is 24.7 Å². The van der Waals surface area contributed by atoms with E-state index in [1.54, 1.807) is 0 Å². The third-order valence-electron chi connectivity index (χ3n) is 2.42. The number of rotatable bonds is 4. The van der Waals surface area contributed by atoms with E-state index in [0.29, 0.717) is 4.90 Å². The van der Waals surface area contributed by atoms with Crippen LogP contribution in [0.15, 0.2) is 12.1 Å². The number of anilines is 1. The molecule has 0 saturated carbocycles. The van der Waals surface area contributed by atoms with E-state index in [0.717, 1.165) is 0 Å². The molecule has 0 spiro atoms. The Morgan fingerprint density at radius 3 is 2.55 bits per heavy atom. The van der Waals surface area contributed by atoms with Crippen molar-refractivity contribution < 1.29 is 18.0 Å². The lowest BCUT2D eigenvalue weighted by molar-refractivity contribution is -0.143. The molecule has 1 amide bonds. The maximum absolute atomic E-state index is 12.5. The second-order valence-corrected chi connectivity index (χ2v) is 4.74. The van der Waals surface area contributed by atoms with Crippen molar-refractivity contribution in [2.24, 2.45) is 5.84 Å². The van der Waals surface area contributed by atoms with Gasteiger partial charge in [0.1, 0.15) is 17.5 Å². The Hall–Kier alpha value is -1.54. The van der Waals surface area contributed by atoms with E-state index in [4.69, 9.17) is 17.4 Å². The first-order valence-corrected chi connectivity index (χ1v) is 6.03. The quantitative estimate of drug-likeness (QED) is 0.509. The lowest BCUT2D eigenvalue weighted by Crippen LogP contribution is -2.43. The molecule has 0 aliphatic carbocycles. The van der Waals surface area contributed by atoms with E-state index in [2.05, 4.69) is 10.4 Å². The van der Waals surface area contributed by atoms with Gasteiger partial charge in [0.2, 0.25) is 0 Å². The molecule has 1 rings (SSSR count). The van der Waals surface area contributed by atoms with Crippen molar-refractivity contribution in [3.05, 3.63) is 22.8 Å². The molecule has 0 atom stereocenters. The number of aromatic nitrogens is 1. The Labute approximate surface area is 118 Å².